The monoisotopic (exact) mass is 459 g/mol. The molecule has 0 N–H and O–H groups in total. The molecule has 31 heavy (non-hydrogen) atoms. The number of carbonyl (C=O) groups excluding carboxylic acids is 1. The summed E-state index contributed by atoms with van der Waals surface area (Å²) in [4.78, 5) is 18.2. The van der Waals surface area contributed by atoms with Gasteiger partial charge in [-0.1, -0.05) is 35.1 Å². The minimum Gasteiger partial charge on any atom is -0.495 e. The number of nitrogens with zero attached hydrogens (tertiary/aromatic N) is 3. The predicted molar refractivity (Wildman–Crippen MR) is 121 cm³/mol. The molecule has 164 valence electrons. The van der Waals surface area contributed by atoms with E-state index in [0.29, 0.717) is 24.2 Å². The van der Waals surface area contributed by atoms with E-state index >= 15 is 0 Å². The minimum absolute atomic E-state index is 0.149. The second-order valence-electron chi connectivity index (χ2n) is 7.72. The van der Waals surface area contributed by atoms with E-state index in [-0.39, 0.29) is 17.3 Å². The van der Waals surface area contributed by atoms with Gasteiger partial charge in [-0.3, -0.25) is 4.79 Å². The highest BCUT2D eigenvalue weighted by Crippen LogP contribution is 2.27. The van der Waals surface area contributed by atoms with E-state index in [1.807, 2.05) is 36.7 Å². The zero-order valence-electron chi connectivity index (χ0n) is 17.7. The number of hydrogen-bond acceptors (Lipinski definition) is 5. The highest BCUT2D eigenvalue weighted by Gasteiger charge is 2.33. The van der Waals surface area contributed by atoms with E-state index in [1.165, 1.54) is 15.6 Å². The Kier molecular flexibility index (Phi) is 6.00. The quantitative estimate of drug-likeness (QED) is 0.601. The van der Waals surface area contributed by atoms with Gasteiger partial charge in [-0.15, -0.1) is 0 Å². The number of fused-ring (bicyclic) bond motifs is 1. The number of thiazole rings is 1. The zero-order chi connectivity index (χ0) is 22.2. The van der Waals surface area contributed by atoms with Crippen molar-refractivity contribution in [3.63, 3.8) is 0 Å². The Labute approximate surface area is 185 Å². The average molecular weight is 460 g/mol. The van der Waals surface area contributed by atoms with E-state index in [9.17, 15) is 13.2 Å². The van der Waals surface area contributed by atoms with Gasteiger partial charge in [0.25, 0.3) is 5.91 Å². The molecule has 1 amide bonds. The topological polar surface area (TPSA) is 81.0 Å². The van der Waals surface area contributed by atoms with Crippen LogP contribution in [0.1, 0.15) is 18.4 Å². The Morgan fingerprint density at radius 3 is 2.65 bits per heavy atom. The number of methoxy groups -OCH3 is 1. The first-order valence-corrected chi connectivity index (χ1v) is 12.3. The number of ether oxygens (including phenoxy) is 1. The van der Waals surface area contributed by atoms with Gasteiger partial charge in [0.05, 0.1) is 22.6 Å². The summed E-state index contributed by atoms with van der Waals surface area (Å²) in [6.45, 7) is 2.47. The van der Waals surface area contributed by atoms with Crippen LogP contribution in [-0.2, 0) is 21.9 Å². The number of hydrogen-bond donors (Lipinski definition) is 0. The van der Waals surface area contributed by atoms with Gasteiger partial charge in [-0.2, -0.15) is 9.30 Å². The molecule has 1 aromatic heterocycles. The van der Waals surface area contributed by atoms with Gasteiger partial charge in [-0.25, -0.2) is 8.42 Å². The van der Waals surface area contributed by atoms with E-state index in [0.717, 1.165) is 21.5 Å². The highest BCUT2D eigenvalue weighted by molar-refractivity contribution is 7.89. The van der Waals surface area contributed by atoms with Crippen LogP contribution < -0.4 is 9.54 Å². The third-order valence-electron chi connectivity index (χ3n) is 5.60. The molecule has 1 atom stereocenters. The first-order valence-electron chi connectivity index (χ1n) is 10.1. The van der Waals surface area contributed by atoms with Crippen LogP contribution in [0.15, 0.2) is 52.4 Å². The number of carbonyl (C=O) groups is 1. The molecule has 9 heteroatoms. The Balaban J connectivity index is 1.60. The lowest BCUT2D eigenvalue weighted by atomic mass is 9.99. The number of amides is 1. The van der Waals surface area contributed by atoms with Crippen molar-refractivity contribution in [3.8, 4) is 5.75 Å². The van der Waals surface area contributed by atoms with Crippen LogP contribution in [0.4, 0.5) is 0 Å². The van der Waals surface area contributed by atoms with Crippen LogP contribution in [0.2, 0.25) is 0 Å². The molecule has 2 aromatic carbocycles. The Bertz CT molecular complexity index is 1290. The number of aryl methyl sites for hydroxylation is 2. The number of benzene rings is 2. The van der Waals surface area contributed by atoms with Crippen molar-refractivity contribution in [3.05, 3.63) is 52.8 Å². The van der Waals surface area contributed by atoms with Gasteiger partial charge in [0, 0.05) is 20.1 Å². The first-order chi connectivity index (χ1) is 14.8. The summed E-state index contributed by atoms with van der Waals surface area (Å²) in [5.74, 6) is -0.0239. The zero-order valence-corrected chi connectivity index (χ0v) is 19.4. The van der Waals surface area contributed by atoms with Crippen molar-refractivity contribution in [2.75, 3.05) is 20.2 Å². The smallest absolute Gasteiger partial charge is 0.252 e. The van der Waals surface area contributed by atoms with Crippen LogP contribution in [0, 0.1) is 12.8 Å². The normalized spacial score (nSPS) is 18.4. The number of piperidine rings is 1. The number of aromatic nitrogens is 1. The highest BCUT2D eigenvalue weighted by atomic mass is 32.2. The van der Waals surface area contributed by atoms with Crippen molar-refractivity contribution < 1.29 is 17.9 Å². The fraction of sp³-hybridized carbons (Fsp3) is 0.364. The SMILES string of the molecule is COc1cccc2sc(=NC(=O)C3CCCN(S(=O)(=O)c4ccc(C)cc4)C3)n(C)c12. The second kappa shape index (κ2) is 8.57. The Morgan fingerprint density at radius 2 is 1.94 bits per heavy atom. The Morgan fingerprint density at radius 1 is 1.19 bits per heavy atom. The molecule has 1 fully saturated rings. The third kappa shape index (κ3) is 4.17. The van der Waals surface area contributed by atoms with Crippen molar-refractivity contribution in [1.82, 2.24) is 8.87 Å². The standard InChI is InChI=1S/C22H25N3O4S2/c1-15-9-11-17(12-10-15)31(27,28)25-13-5-6-16(14-25)21(26)23-22-24(2)20-18(29-3)7-4-8-19(20)30-22/h4,7-12,16H,5-6,13-14H2,1-3H3. The van der Waals surface area contributed by atoms with Crippen LogP contribution in [0.5, 0.6) is 5.75 Å². The molecule has 0 bridgehead atoms. The fourth-order valence-electron chi connectivity index (χ4n) is 3.85. The summed E-state index contributed by atoms with van der Waals surface area (Å²) < 4.78 is 35.7. The largest absolute Gasteiger partial charge is 0.495 e. The van der Waals surface area contributed by atoms with Gasteiger partial charge in [0.1, 0.15) is 11.3 Å². The molecule has 1 aliphatic rings. The van der Waals surface area contributed by atoms with Gasteiger partial charge < -0.3 is 9.30 Å². The van der Waals surface area contributed by atoms with Crippen molar-refractivity contribution in [2.45, 2.75) is 24.7 Å². The molecule has 1 aliphatic heterocycles. The molecule has 1 saturated heterocycles. The van der Waals surface area contributed by atoms with Crippen molar-refractivity contribution >= 4 is 37.5 Å². The molecule has 4 rings (SSSR count). The minimum atomic E-state index is -3.64. The average Bonchev–Trinajstić information content (AvgIpc) is 3.09. The molecule has 7 nitrogen and oxygen atoms in total. The molecule has 0 saturated carbocycles. The summed E-state index contributed by atoms with van der Waals surface area (Å²) >= 11 is 1.41. The first kappa shape index (κ1) is 21.7. The predicted octanol–water partition coefficient (Wildman–Crippen LogP) is 3.09. The molecule has 2 heterocycles. The maximum atomic E-state index is 13.0. The van der Waals surface area contributed by atoms with Crippen molar-refractivity contribution in [2.24, 2.45) is 18.0 Å². The van der Waals surface area contributed by atoms with E-state index in [2.05, 4.69) is 4.99 Å². The summed E-state index contributed by atoms with van der Waals surface area (Å²) in [7, 11) is -0.175. The van der Waals surface area contributed by atoms with Gasteiger partial charge in [0.2, 0.25) is 10.0 Å². The fourth-order valence-corrected chi connectivity index (χ4v) is 6.41. The molecule has 0 spiro atoms. The van der Waals surface area contributed by atoms with E-state index in [4.69, 9.17) is 4.74 Å². The van der Waals surface area contributed by atoms with Crippen molar-refractivity contribution in [1.29, 1.82) is 0 Å². The molecular formula is C22H25N3O4S2. The van der Waals surface area contributed by atoms with E-state index in [1.54, 1.807) is 31.4 Å². The summed E-state index contributed by atoms with van der Waals surface area (Å²) in [5, 5.41) is 0. The molecule has 1 unspecified atom stereocenters. The number of rotatable bonds is 4. The number of para-hydroxylation sites is 1. The maximum Gasteiger partial charge on any atom is 0.252 e. The van der Waals surface area contributed by atoms with Crippen LogP contribution in [-0.4, -0.2) is 43.4 Å². The molecule has 0 aliphatic carbocycles. The van der Waals surface area contributed by atoms with Gasteiger partial charge in [0.15, 0.2) is 4.80 Å². The molecule has 3 aromatic rings. The van der Waals surface area contributed by atoms with E-state index < -0.39 is 15.9 Å². The third-order valence-corrected chi connectivity index (χ3v) is 8.58. The Hall–Kier alpha value is -2.49. The lowest BCUT2D eigenvalue weighted by Gasteiger charge is -2.30. The lowest BCUT2D eigenvalue weighted by Crippen LogP contribution is -2.42. The summed E-state index contributed by atoms with van der Waals surface area (Å²) in [6, 6.07) is 12.5. The van der Waals surface area contributed by atoms with Crippen LogP contribution >= 0.6 is 11.3 Å². The van der Waals surface area contributed by atoms with Crippen LogP contribution in [0.25, 0.3) is 10.2 Å². The molecular weight excluding hydrogens is 434 g/mol. The lowest BCUT2D eigenvalue weighted by molar-refractivity contribution is -0.122. The van der Waals surface area contributed by atoms with Gasteiger partial charge >= 0.3 is 0 Å². The summed E-state index contributed by atoms with van der Waals surface area (Å²) in [5.41, 5.74) is 1.88. The maximum absolute atomic E-state index is 13.0. The van der Waals surface area contributed by atoms with Crippen LogP contribution in [0.3, 0.4) is 0 Å². The number of sulfonamides is 1. The second-order valence-corrected chi connectivity index (χ2v) is 10.7. The summed E-state index contributed by atoms with van der Waals surface area (Å²) in [6.07, 6.45) is 1.25. The molecule has 0 radical (unpaired) electrons. The van der Waals surface area contributed by atoms with Gasteiger partial charge in [-0.05, 0) is 44.0 Å².